The van der Waals surface area contributed by atoms with Crippen molar-refractivity contribution in [3.63, 3.8) is 0 Å². The molecular formula is C29H32O12. The molecule has 12 nitrogen and oxygen atoms in total. The van der Waals surface area contributed by atoms with Crippen molar-refractivity contribution in [2.75, 3.05) is 19.8 Å². The molecule has 2 aliphatic heterocycles. The highest BCUT2D eigenvalue weighted by Gasteiger charge is 2.75. The third-order valence-electron chi connectivity index (χ3n) is 8.73. The molecule has 5 rings (SSSR count). The molecule has 0 unspecified atom stereocenters. The minimum atomic E-state index is -2.26. The van der Waals surface area contributed by atoms with Crippen LogP contribution in [0.2, 0.25) is 0 Å². The van der Waals surface area contributed by atoms with Crippen LogP contribution < -0.4 is 19.6 Å². The van der Waals surface area contributed by atoms with Crippen molar-refractivity contribution in [3.05, 3.63) is 52.4 Å². The van der Waals surface area contributed by atoms with Gasteiger partial charge in [-0.3, -0.25) is 4.79 Å². The van der Waals surface area contributed by atoms with E-state index in [2.05, 4.69) is 0 Å². The van der Waals surface area contributed by atoms with E-state index in [0.717, 1.165) is 0 Å². The van der Waals surface area contributed by atoms with E-state index in [0.29, 0.717) is 24.7 Å². The van der Waals surface area contributed by atoms with Crippen LogP contribution in [0.1, 0.15) is 45.2 Å². The van der Waals surface area contributed by atoms with Crippen LogP contribution in [0.4, 0.5) is 0 Å². The molecule has 3 aromatic rings. The molecule has 1 fully saturated rings. The Balaban J connectivity index is 1.60. The average Bonchev–Trinajstić information content (AvgIpc) is 2.91. The van der Waals surface area contributed by atoms with Crippen molar-refractivity contribution < 1.29 is 53.7 Å². The number of aliphatic hydroxyl groups is 4. The van der Waals surface area contributed by atoms with Crippen molar-refractivity contribution in [3.8, 4) is 28.4 Å². The van der Waals surface area contributed by atoms with Crippen LogP contribution in [0.25, 0.3) is 22.1 Å². The first-order chi connectivity index (χ1) is 19.0. The predicted octanol–water partition coefficient (Wildman–Crippen LogP) is 2.06. The summed E-state index contributed by atoms with van der Waals surface area (Å²) in [6, 6.07) is 8.63. The lowest BCUT2D eigenvalue weighted by atomic mass is 9.61. The molecule has 0 aliphatic carbocycles. The van der Waals surface area contributed by atoms with Gasteiger partial charge in [0.2, 0.25) is 17.0 Å². The second kappa shape index (κ2) is 9.16. The number of aliphatic hydroxyl groups excluding tert-OH is 1. The number of hydrogen-bond acceptors (Lipinski definition) is 11. The molecular weight excluding hydrogens is 540 g/mol. The normalized spacial score (nSPS) is 33.0. The molecule has 0 spiro atoms. The predicted molar refractivity (Wildman–Crippen MR) is 143 cm³/mol. The van der Waals surface area contributed by atoms with Gasteiger partial charge in [-0.15, -0.1) is 0 Å². The van der Waals surface area contributed by atoms with Crippen molar-refractivity contribution >= 4 is 16.9 Å². The van der Waals surface area contributed by atoms with Crippen LogP contribution >= 0.6 is 0 Å². The maximum atomic E-state index is 13.6. The summed E-state index contributed by atoms with van der Waals surface area (Å²) in [5.74, 6) is -3.35. The lowest BCUT2D eigenvalue weighted by molar-refractivity contribution is -0.441. The first-order valence-corrected chi connectivity index (χ1v) is 12.9. The molecule has 1 saturated heterocycles. The SMILES string of the molecule is C[C@]1(Oc2ccc3c(=O)c(-c4ccc5c(c4)OCCO5)c(C(=O)O)oc3c2)O[C@](C)(CO)[C@@](C)(O)[C@](C)(O)[C@@]1(C)O. The molecule has 0 radical (unpaired) electrons. The minimum absolute atomic E-state index is 0.0236. The molecule has 220 valence electrons. The Bertz CT molecular complexity index is 1600. The van der Waals surface area contributed by atoms with E-state index in [-0.39, 0.29) is 27.8 Å². The number of ether oxygens (including phenoxy) is 4. The van der Waals surface area contributed by atoms with Gasteiger partial charge < -0.3 is 48.9 Å². The molecule has 1 aromatic heterocycles. The molecule has 0 saturated carbocycles. The van der Waals surface area contributed by atoms with Gasteiger partial charge >= 0.3 is 5.97 Å². The number of hydrogen-bond donors (Lipinski definition) is 5. The number of fused-ring (bicyclic) bond motifs is 2. The summed E-state index contributed by atoms with van der Waals surface area (Å²) in [5.41, 5.74) is -9.10. The van der Waals surface area contributed by atoms with E-state index >= 15 is 0 Å². The van der Waals surface area contributed by atoms with E-state index in [1.165, 1.54) is 65.0 Å². The summed E-state index contributed by atoms with van der Waals surface area (Å²) >= 11 is 0. The maximum absolute atomic E-state index is 13.6. The van der Waals surface area contributed by atoms with Crippen molar-refractivity contribution in [1.82, 2.24) is 0 Å². The number of carbonyl (C=O) groups is 1. The Morgan fingerprint density at radius 3 is 2.20 bits per heavy atom. The number of aromatic carboxylic acids is 1. The third-order valence-corrected chi connectivity index (χ3v) is 8.73. The largest absolute Gasteiger partial charge is 0.486 e. The van der Waals surface area contributed by atoms with Gasteiger partial charge in [-0.05, 0) is 57.5 Å². The smallest absolute Gasteiger partial charge is 0.372 e. The summed E-state index contributed by atoms with van der Waals surface area (Å²) in [6.07, 6.45) is 0. The van der Waals surface area contributed by atoms with Gasteiger partial charge in [-0.25, -0.2) is 4.79 Å². The fraction of sp³-hybridized carbons (Fsp3) is 0.448. The van der Waals surface area contributed by atoms with Crippen LogP contribution in [-0.4, -0.2) is 79.5 Å². The van der Waals surface area contributed by atoms with Crippen molar-refractivity contribution in [2.24, 2.45) is 0 Å². The highest BCUT2D eigenvalue weighted by Crippen LogP contribution is 2.53. The topological polar surface area (TPSA) is 185 Å². The quantitative estimate of drug-likeness (QED) is 0.300. The van der Waals surface area contributed by atoms with Crippen LogP contribution in [0.3, 0.4) is 0 Å². The first-order valence-electron chi connectivity index (χ1n) is 12.9. The average molecular weight is 573 g/mol. The molecule has 2 aromatic carbocycles. The zero-order chi connectivity index (χ0) is 30.2. The Morgan fingerprint density at radius 2 is 1.56 bits per heavy atom. The van der Waals surface area contributed by atoms with Gasteiger partial charge in [-0.1, -0.05) is 6.07 Å². The summed E-state index contributed by atoms with van der Waals surface area (Å²) in [6.45, 7) is 6.25. The van der Waals surface area contributed by atoms with Gasteiger partial charge in [0.25, 0.3) is 0 Å². The van der Waals surface area contributed by atoms with Crippen LogP contribution in [0, 0.1) is 0 Å². The van der Waals surface area contributed by atoms with E-state index in [4.69, 9.17) is 23.4 Å². The van der Waals surface area contributed by atoms with Crippen LogP contribution in [0.5, 0.6) is 17.2 Å². The molecule has 5 N–H and O–H groups in total. The third kappa shape index (κ3) is 4.01. The summed E-state index contributed by atoms with van der Waals surface area (Å²) in [4.78, 5) is 25.8. The van der Waals surface area contributed by atoms with Gasteiger partial charge in [-0.2, -0.15) is 0 Å². The Hall–Kier alpha value is -3.68. The van der Waals surface area contributed by atoms with Crippen LogP contribution in [0.15, 0.2) is 45.6 Å². The zero-order valence-corrected chi connectivity index (χ0v) is 23.2. The molecule has 0 bridgehead atoms. The Kier molecular flexibility index (Phi) is 6.44. The maximum Gasteiger partial charge on any atom is 0.372 e. The van der Waals surface area contributed by atoms with Gasteiger partial charge in [0, 0.05) is 13.0 Å². The Morgan fingerprint density at radius 1 is 0.902 bits per heavy atom. The fourth-order valence-electron chi connectivity index (χ4n) is 5.44. The summed E-state index contributed by atoms with van der Waals surface area (Å²) in [7, 11) is 0. The molecule has 0 amide bonds. The standard InChI is InChI=1S/C29H32O12/c1-25(14-30)26(2,34)27(3,35)28(4,36)29(5,41-25)40-16-7-8-17-19(13-16)39-23(24(32)33)21(22(17)31)15-6-9-18-20(12-15)38-11-10-37-18/h6-9,12-13,30,34-36H,10-11,14H2,1-5H3,(H,32,33)/t25-,26-,27+,28-,29+/m1/s1. The number of benzene rings is 2. The number of carboxylic acid groups (broad SMARTS) is 1. The van der Waals surface area contributed by atoms with E-state index < -0.39 is 52.0 Å². The van der Waals surface area contributed by atoms with Gasteiger partial charge in [0.15, 0.2) is 17.1 Å². The second-order valence-electron chi connectivity index (χ2n) is 11.2. The van der Waals surface area contributed by atoms with Gasteiger partial charge in [0.1, 0.15) is 41.3 Å². The van der Waals surface area contributed by atoms with E-state index in [1.807, 2.05) is 0 Å². The first kappa shape index (κ1) is 28.8. The van der Waals surface area contributed by atoms with Crippen molar-refractivity contribution in [2.45, 2.75) is 62.8 Å². The van der Waals surface area contributed by atoms with E-state index in [9.17, 15) is 35.1 Å². The van der Waals surface area contributed by atoms with Crippen LogP contribution in [-0.2, 0) is 4.74 Å². The highest BCUT2D eigenvalue weighted by molar-refractivity contribution is 5.97. The lowest BCUT2D eigenvalue weighted by Gasteiger charge is -2.64. The molecule has 12 heteroatoms. The second-order valence-corrected chi connectivity index (χ2v) is 11.2. The van der Waals surface area contributed by atoms with E-state index in [1.54, 1.807) is 6.07 Å². The molecule has 5 atom stereocenters. The zero-order valence-electron chi connectivity index (χ0n) is 23.2. The Labute approximate surface area is 234 Å². The summed E-state index contributed by atoms with van der Waals surface area (Å²) in [5, 5.41) is 53.9. The number of rotatable bonds is 5. The number of carboxylic acids is 1. The molecule has 2 aliphatic rings. The monoisotopic (exact) mass is 572 g/mol. The van der Waals surface area contributed by atoms with Crippen molar-refractivity contribution in [1.29, 1.82) is 0 Å². The highest BCUT2D eigenvalue weighted by atomic mass is 16.7. The summed E-state index contributed by atoms with van der Waals surface area (Å²) < 4.78 is 28.8. The van der Waals surface area contributed by atoms with Gasteiger partial charge in [0.05, 0.1) is 17.6 Å². The fourth-order valence-corrected chi connectivity index (χ4v) is 5.44. The molecule has 41 heavy (non-hydrogen) atoms. The molecule has 3 heterocycles. The lowest BCUT2D eigenvalue weighted by Crippen LogP contribution is -2.85. The minimum Gasteiger partial charge on any atom is -0.486 e.